The molecule has 2 aromatic carbocycles. The van der Waals surface area contributed by atoms with Gasteiger partial charge in [0, 0.05) is 12.2 Å². The molecule has 0 spiro atoms. The van der Waals surface area contributed by atoms with Gasteiger partial charge < -0.3 is 10.4 Å². The van der Waals surface area contributed by atoms with Crippen LogP contribution in [0.1, 0.15) is 32.6 Å². The number of thiol groups is 1. The molecule has 0 aliphatic carbocycles. The molecule has 0 aliphatic rings. The third-order valence-electron chi connectivity index (χ3n) is 3.82. The van der Waals surface area contributed by atoms with Crippen molar-refractivity contribution >= 4 is 22.4 Å². The second kappa shape index (κ2) is 7.28. The Morgan fingerprint density at radius 2 is 1.78 bits per heavy atom. The van der Waals surface area contributed by atoms with Gasteiger partial charge in [-0.15, -0.1) is 0 Å². The summed E-state index contributed by atoms with van der Waals surface area (Å²) in [7, 11) is -2.64. The fraction of sp³-hybridized carbons (Fsp3) is 0.235. The normalized spacial score (nSPS) is 10.7. The van der Waals surface area contributed by atoms with E-state index in [1.165, 1.54) is 6.07 Å². The van der Waals surface area contributed by atoms with Gasteiger partial charge in [-0.2, -0.15) is 0 Å². The Morgan fingerprint density at radius 3 is 2.35 bits per heavy atom. The summed E-state index contributed by atoms with van der Waals surface area (Å²) in [6.45, 7) is 4.07. The van der Waals surface area contributed by atoms with Crippen molar-refractivity contribution in [2.24, 2.45) is 0 Å². The number of carboxylic acids is 1. The fourth-order valence-corrected chi connectivity index (χ4v) is 3.03. The van der Waals surface area contributed by atoms with Crippen molar-refractivity contribution in [3.05, 3.63) is 64.2 Å². The second-order valence-electron chi connectivity index (χ2n) is 5.34. The van der Waals surface area contributed by atoms with Gasteiger partial charge in [-0.05, 0) is 42.2 Å². The van der Waals surface area contributed by atoms with Crippen LogP contribution < -0.4 is 5.32 Å². The summed E-state index contributed by atoms with van der Waals surface area (Å²) in [5.41, 5.74) is 3.77. The first-order chi connectivity index (χ1) is 10.9. The smallest absolute Gasteiger partial charge is 0.335 e. The molecule has 122 valence electrons. The highest BCUT2D eigenvalue weighted by Gasteiger charge is 2.17. The number of rotatable bonds is 6. The Labute approximate surface area is 136 Å². The average molecular weight is 333 g/mol. The molecule has 0 saturated heterocycles. The largest absolute Gasteiger partial charge is 0.478 e. The van der Waals surface area contributed by atoms with Crippen LogP contribution in [-0.4, -0.2) is 19.5 Å². The van der Waals surface area contributed by atoms with Crippen LogP contribution in [0.4, 0.5) is 5.69 Å². The zero-order valence-corrected chi connectivity index (χ0v) is 13.9. The molecule has 0 unspecified atom stereocenters. The van der Waals surface area contributed by atoms with E-state index in [9.17, 15) is 18.3 Å². The molecule has 0 amide bonds. The average Bonchev–Trinajstić information content (AvgIpc) is 2.50. The third kappa shape index (κ3) is 4.10. The van der Waals surface area contributed by atoms with Crippen molar-refractivity contribution in [3.8, 4) is 0 Å². The zero-order valence-electron chi connectivity index (χ0n) is 13.0. The van der Waals surface area contributed by atoms with Gasteiger partial charge in [-0.1, -0.05) is 30.3 Å². The lowest BCUT2D eigenvalue weighted by Gasteiger charge is -2.18. The maximum Gasteiger partial charge on any atom is 0.335 e. The van der Waals surface area contributed by atoms with Crippen molar-refractivity contribution < 1.29 is 18.3 Å². The molecule has 0 bridgehead atoms. The van der Waals surface area contributed by atoms with Gasteiger partial charge in [0.1, 0.15) is 10.7 Å². The minimum atomic E-state index is -2.64. The molecular weight excluding hydrogens is 314 g/mol. The monoisotopic (exact) mass is 333 g/mol. The lowest BCUT2D eigenvalue weighted by molar-refractivity contribution is 0.0696. The molecular formula is C17H19NO4S. The number of aromatic carboxylic acids is 1. The number of anilines is 1. The molecule has 2 N–H and O–H groups in total. The van der Waals surface area contributed by atoms with Gasteiger partial charge in [0.2, 0.25) is 0 Å². The third-order valence-corrected chi connectivity index (χ3v) is 4.42. The number of hydrogen-bond donors (Lipinski definition) is 3. The van der Waals surface area contributed by atoms with Crippen molar-refractivity contribution in [2.45, 2.75) is 26.1 Å². The number of benzene rings is 2. The van der Waals surface area contributed by atoms with Gasteiger partial charge in [0.05, 0.1) is 11.3 Å². The molecule has 0 aliphatic heterocycles. The van der Waals surface area contributed by atoms with E-state index in [4.69, 9.17) is 0 Å². The Bertz CT molecular complexity index is 790. The van der Waals surface area contributed by atoms with Crippen molar-refractivity contribution in [1.82, 2.24) is 0 Å². The minimum Gasteiger partial charge on any atom is -0.478 e. The van der Waals surface area contributed by atoms with E-state index in [1.54, 1.807) is 13.8 Å². The Kier molecular flexibility index (Phi) is 5.39. The molecule has 0 heterocycles. The van der Waals surface area contributed by atoms with Crippen LogP contribution in [0.25, 0.3) is 0 Å². The van der Waals surface area contributed by atoms with E-state index >= 15 is 0 Å². The highest BCUT2D eigenvalue weighted by atomic mass is 32.2. The second-order valence-corrected chi connectivity index (χ2v) is 6.33. The molecule has 0 fully saturated rings. The van der Waals surface area contributed by atoms with Gasteiger partial charge in [0.25, 0.3) is 0 Å². The molecule has 2 rings (SSSR count). The predicted octanol–water partition coefficient (Wildman–Crippen LogP) is 2.73. The summed E-state index contributed by atoms with van der Waals surface area (Å²) >= 11 is 0. The van der Waals surface area contributed by atoms with E-state index in [-0.39, 0.29) is 11.3 Å². The first-order valence-electron chi connectivity index (χ1n) is 7.16. The number of hydrogen-bond acceptors (Lipinski definition) is 4. The molecule has 6 heteroatoms. The summed E-state index contributed by atoms with van der Waals surface area (Å²) in [6.07, 6.45) is 0. The molecule has 5 nitrogen and oxygen atoms in total. The van der Waals surface area contributed by atoms with E-state index in [1.807, 2.05) is 30.3 Å². The van der Waals surface area contributed by atoms with E-state index < -0.39 is 16.7 Å². The van der Waals surface area contributed by atoms with Gasteiger partial charge in [-0.25, -0.2) is 13.2 Å². The van der Waals surface area contributed by atoms with Gasteiger partial charge in [0.15, 0.2) is 0 Å². The quantitative estimate of drug-likeness (QED) is 0.708. The lowest BCUT2D eigenvalue weighted by Crippen LogP contribution is -2.10. The fourth-order valence-electron chi connectivity index (χ4n) is 2.50. The van der Waals surface area contributed by atoms with E-state index in [2.05, 4.69) is 5.32 Å². The number of carbonyl (C=O) groups is 1. The highest BCUT2D eigenvalue weighted by Crippen LogP contribution is 2.28. The predicted molar refractivity (Wildman–Crippen MR) is 90.7 cm³/mol. The van der Waals surface area contributed by atoms with Crippen LogP contribution in [0.5, 0.6) is 0 Å². The van der Waals surface area contributed by atoms with Crippen LogP contribution in [0, 0.1) is 13.8 Å². The van der Waals surface area contributed by atoms with E-state index in [0.29, 0.717) is 23.4 Å². The summed E-state index contributed by atoms with van der Waals surface area (Å²) in [5.74, 6) is -1.24. The first-order valence-corrected chi connectivity index (χ1v) is 8.52. The highest BCUT2D eigenvalue weighted by molar-refractivity contribution is 7.71. The summed E-state index contributed by atoms with van der Waals surface area (Å²) in [6, 6.07) is 11.2. The SMILES string of the molecule is Cc1c(C(=O)O)cc(C[SH](=O)=O)c(NCc2ccccc2)c1C. The van der Waals surface area contributed by atoms with Crippen LogP contribution in [0.3, 0.4) is 0 Å². The van der Waals surface area contributed by atoms with Crippen LogP contribution in [0.15, 0.2) is 36.4 Å². The molecule has 0 aromatic heterocycles. The number of carboxylic acid groups (broad SMARTS) is 1. The zero-order chi connectivity index (χ0) is 17.0. The summed E-state index contributed by atoms with van der Waals surface area (Å²) in [5, 5.41) is 12.5. The molecule has 23 heavy (non-hydrogen) atoms. The molecule has 2 aromatic rings. The first kappa shape index (κ1) is 17.0. The summed E-state index contributed by atoms with van der Waals surface area (Å²) in [4.78, 5) is 11.3. The Balaban J connectivity index is 2.43. The number of nitrogens with one attached hydrogen (secondary N) is 1. The maximum atomic E-state index is 11.3. The van der Waals surface area contributed by atoms with Gasteiger partial charge >= 0.3 is 5.97 Å². The topological polar surface area (TPSA) is 83.5 Å². The maximum absolute atomic E-state index is 11.3. The Hall–Kier alpha value is -2.34. The van der Waals surface area contributed by atoms with Crippen LogP contribution in [0.2, 0.25) is 0 Å². The van der Waals surface area contributed by atoms with Crippen LogP contribution >= 0.6 is 0 Å². The van der Waals surface area contributed by atoms with Crippen molar-refractivity contribution in [2.75, 3.05) is 5.32 Å². The van der Waals surface area contributed by atoms with Crippen LogP contribution in [-0.2, 0) is 23.0 Å². The summed E-state index contributed by atoms with van der Waals surface area (Å²) < 4.78 is 22.3. The lowest BCUT2D eigenvalue weighted by atomic mass is 9.97. The Morgan fingerprint density at radius 1 is 1.13 bits per heavy atom. The van der Waals surface area contributed by atoms with Crippen molar-refractivity contribution in [3.63, 3.8) is 0 Å². The van der Waals surface area contributed by atoms with Crippen molar-refractivity contribution in [1.29, 1.82) is 0 Å². The molecule has 0 saturated carbocycles. The standard InChI is InChI=1S/C17H19NO4S/c1-11-12(2)16(18-9-13-6-4-3-5-7-13)14(10-23(21)22)8-15(11)17(19)20/h3-8,18,23H,9-10H2,1-2H3,(H,19,20). The molecule has 0 atom stereocenters. The van der Waals surface area contributed by atoms with E-state index in [0.717, 1.165) is 11.1 Å². The minimum absolute atomic E-state index is 0.139. The van der Waals surface area contributed by atoms with Gasteiger partial charge in [-0.3, -0.25) is 0 Å². The molecule has 0 radical (unpaired) electrons.